The number of benzene rings is 1. The summed E-state index contributed by atoms with van der Waals surface area (Å²) in [5, 5.41) is 4.34. The van der Waals surface area contributed by atoms with Crippen molar-refractivity contribution in [2.45, 2.75) is 33.8 Å². The Kier molecular flexibility index (Phi) is 3.19. The first kappa shape index (κ1) is 12.5. The number of hydrogen-bond acceptors (Lipinski definition) is 4. The van der Waals surface area contributed by atoms with E-state index in [0.29, 0.717) is 6.61 Å². The molecule has 1 aliphatic heterocycles. The van der Waals surface area contributed by atoms with Gasteiger partial charge in [0.15, 0.2) is 0 Å². The lowest BCUT2D eigenvalue weighted by Gasteiger charge is -2.10. The largest absolute Gasteiger partial charge is 0.486 e. The lowest BCUT2D eigenvalue weighted by molar-refractivity contribution is 0.303. The molecule has 0 radical (unpaired) electrons. The maximum absolute atomic E-state index is 5.92. The number of hydrogen-bond donors (Lipinski definition) is 1. The van der Waals surface area contributed by atoms with E-state index < -0.39 is 0 Å². The van der Waals surface area contributed by atoms with Crippen molar-refractivity contribution in [3.8, 4) is 5.75 Å². The highest BCUT2D eigenvalue weighted by Crippen LogP contribution is 2.29. The molecule has 100 valence electrons. The van der Waals surface area contributed by atoms with E-state index in [1.54, 1.807) is 11.3 Å². The van der Waals surface area contributed by atoms with E-state index in [0.717, 1.165) is 29.5 Å². The number of ether oxygens (including phenoxy) is 1. The van der Waals surface area contributed by atoms with Gasteiger partial charge in [-0.3, -0.25) is 0 Å². The summed E-state index contributed by atoms with van der Waals surface area (Å²) in [6, 6.07) is 4.29. The van der Waals surface area contributed by atoms with E-state index >= 15 is 0 Å². The molecular formula is C15H18N2OS. The van der Waals surface area contributed by atoms with Gasteiger partial charge in [0.25, 0.3) is 0 Å². The zero-order valence-corrected chi connectivity index (χ0v) is 12.4. The Morgan fingerprint density at radius 3 is 2.79 bits per heavy atom. The molecule has 0 aliphatic carbocycles. The highest BCUT2D eigenvalue weighted by atomic mass is 32.1. The molecule has 3 rings (SSSR count). The fourth-order valence-electron chi connectivity index (χ4n) is 2.29. The summed E-state index contributed by atoms with van der Waals surface area (Å²) >= 11 is 1.76. The standard InChI is InChI=1S/C15H18N2OS/c1-9-6-11(3)12(7-10(9)2)18-8-14-17-15-13(19-14)4-5-16-15/h6-7,16H,4-5,8H2,1-3H3. The number of thiazole rings is 1. The molecule has 1 aliphatic rings. The van der Waals surface area contributed by atoms with Gasteiger partial charge in [-0.15, -0.1) is 11.3 Å². The summed E-state index contributed by atoms with van der Waals surface area (Å²) in [5.41, 5.74) is 3.76. The molecule has 19 heavy (non-hydrogen) atoms. The second-order valence-corrected chi connectivity index (χ2v) is 6.21. The Bertz CT molecular complexity index is 597. The Balaban J connectivity index is 1.73. The lowest BCUT2D eigenvalue weighted by Crippen LogP contribution is -1.99. The number of fused-ring (bicyclic) bond motifs is 1. The third-order valence-corrected chi connectivity index (χ3v) is 4.62. The number of aryl methyl sites for hydroxylation is 3. The van der Waals surface area contributed by atoms with Crippen molar-refractivity contribution in [3.05, 3.63) is 38.7 Å². The fourth-order valence-corrected chi connectivity index (χ4v) is 3.25. The smallest absolute Gasteiger partial charge is 0.140 e. The second kappa shape index (κ2) is 4.85. The van der Waals surface area contributed by atoms with E-state index in [2.05, 4.69) is 43.2 Å². The van der Waals surface area contributed by atoms with Crippen LogP contribution in [0.15, 0.2) is 12.1 Å². The van der Waals surface area contributed by atoms with Gasteiger partial charge in [0, 0.05) is 13.0 Å². The normalized spacial score (nSPS) is 13.2. The number of rotatable bonds is 3. The average molecular weight is 274 g/mol. The van der Waals surface area contributed by atoms with Gasteiger partial charge in [-0.05, 0) is 43.5 Å². The summed E-state index contributed by atoms with van der Waals surface area (Å²) in [6.45, 7) is 7.91. The van der Waals surface area contributed by atoms with Gasteiger partial charge in [-0.25, -0.2) is 4.98 Å². The first-order chi connectivity index (χ1) is 9.13. The molecule has 1 N–H and O–H groups in total. The molecule has 0 atom stereocenters. The van der Waals surface area contributed by atoms with Gasteiger partial charge in [-0.1, -0.05) is 6.07 Å². The van der Waals surface area contributed by atoms with E-state index in [1.807, 2.05) is 0 Å². The fraction of sp³-hybridized carbons (Fsp3) is 0.400. The highest BCUT2D eigenvalue weighted by Gasteiger charge is 2.16. The predicted octanol–water partition coefficient (Wildman–Crippen LogP) is 3.62. The van der Waals surface area contributed by atoms with Crippen LogP contribution >= 0.6 is 11.3 Å². The summed E-state index contributed by atoms with van der Waals surface area (Å²) in [4.78, 5) is 5.91. The van der Waals surface area contributed by atoms with Crippen LogP contribution in [0.3, 0.4) is 0 Å². The zero-order chi connectivity index (χ0) is 13.4. The number of anilines is 1. The molecule has 0 amide bonds. The van der Waals surface area contributed by atoms with E-state index in [9.17, 15) is 0 Å². The zero-order valence-electron chi connectivity index (χ0n) is 11.5. The number of aromatic nitrogens is 1. The van der Waals surface area contributed by atoms with Crippen molar-refractivity contribution in [1.29, 1.82) is 0 Å². The van der Waals surface area contributed by atoms with Crippen molar-refractivity contribution in [1.82, 2.24) is 4.98 Å². The first-order valence-corrected chi connectivity index (χ1v) is 7.38. The molecule has 2 heterocycles. The second-order valence-electron chi connectivity index (χ2n) is 5.05. The van der Waals surface area contributed by atoms with Gasteiger partial charge >= 0.3 is 0 Å². The van der Waals surface area contributed by atoms with Crippen LogP contribution in [0, 0.1) is 20.8 Å². The molecule has 1 aromatic carbocycles. The summed E-state index contributed by atoms with van der Waals surface area (Å²) in [7, 11) is 0. The first-order valence-electron chi connectivity index (χ1n) is 6.56. The summed E-state index contributed by atoms with van der Waals surface area (Å²) < 4.78 is 5.92. The van der Waals surface area contributed by atoms with Crippen LogP contribution in [0.2, 0.25) is 0 Å². The van der Waals surface area contributed by atoms with Crippen molar-refractivity contribution in [2.75, 3.05) is 11.9 Å². The van der Waals surface area contributed by atoms with E-state index in [4.69, 9.17) is 4.74 Å². The van der Waals surface area contributed by atoms with Gasteiger partial charge in [0.2, 0.25) is 0 Å². The van der Waals surface area contributed by atoms with Crippen molar-refractivity contribution in [3.63, 3.8) is 0 Å². The summed E-state index contributed by atoms with van der Waals surface area (Å²) in [6.07, 6.45) is 1.09. The predicted molar refractivity (Wildman–Crippen MR) is 79.3 cm³/mol. The maximum atomic E-state index is 5.92. The monoisotopic (exact) mass is 274 g/mol. The Morgan fingerprint density at radius 1 is 1.21 bits per heavy atom. The van der Waals surface area contributed by atoms with Crippen molar-refractivity contribution < 1.29 is 4.74 Å². The third-order valence-electron chi connectivity index (χ3n) is 3.53. The van der Waals surface area contributed by atoms with Crippen LogP contribution < -0.4 is 10.1 Å². The van der Waals surface area contributed by atoms with Crippen LogP contribution in [0.25, 0.3) is 0 Å². The SMILES string of the molecule is Cc1cc(C)c(OCc2nc3c(s2)CCN3)cc1C. The summed E-state index contributed by atoms with van der Waals surface area (Å²) in [5.74, 6) is 2.02. The molecule has 3 nitrogen and oxygen atoms in total. The highest BCUT2D eigenvalue weighted by molar-refractivity contribution is 7.12. The molecular weight excluding hydrogens is 256 g/mol. The van der Waals surface area contributed by atoms with Crippen molar-refractivity contribution >= 4 is 17.2 Å². The molecule has 0 saturated heterocycles. The molecule has 0 bridgehead atoms. The topological polar surface area (TPSA) is 34.1 Å². The number of nitrogens with zero attached hydrogens (tertiary/aromatic N) is 1. The maximum Gasteiger partial charge on any atom is 0.140 e. The molecule has 0 spiro atoms. The average Bonchev–Trinajstić information content (AvgIpc) is 2.92. The Hall–Kier alpha value is -1.55. The van der Waals surface area contributed by atoms with E-state index in [-0.39, 0.29) is 0 Å². The molecule has 0 unspecified atom stereocenters. The molecule has 1 aromatic heterocycles. The van der Waals surface area contributed by atoms with Crippen LogP contribution in [0.1, 0.15) is 26.6 Å². The van der Waals surface area contributed by atoms with Gasteiger partial charge in [-0.2, -0.15) is 0 Å². The third kappa shape index (κ3) is 2.45. The Labute approximate surface area is 117 Å². The van der Waals surface area contributed by atoms with Crippen molar-refractivity contribution in [2.24, 2.45) is 0 Å². The minimum absolute atomic E-state index is 0.558. The quantitative estimate of drug-likeness (QED) is 0.928. The minimum atomic E-state index is 0.558. The van der Waals surface area contributed by atoms with Crippen LogP contribution in [0.5, 0.6) is 5.75 Å². The minimum Gasteiger partial charge on any atom is -0.486 e. The Morgan fingerprint density at radius 2 is 2.00 bits per heavy atom. The van der Waals surface area contributed by atoms with Gasteiger partial charge in [0.05, 0.1) is 4.88 Å². The molecule has 4 heteroatoms. The molecule has 2 aromatic rings. The molecule has 0 saturated carbocycles. The van der Waals surface area contributed by atoms with Gasteiger partial charge < -0.3 is 10.1 Å². The van der Waals surface area contributed by atoms with Crippen LogP contribution in [0.4, 0.5) is 5.82 Å². The molecule has 0 fully saturated rings. The lowest BCUT2D eigenvalue weighted by atomic mass is 10.1. The number of nitrogens with one attached hydrogen (secondary N) is 1. The van der Waals surface area contributed by atoms with Gasteiger partial charge in [0.1, 0.15) is 23.2 Å². The van der Waals surface area contributed by atoms with E-state index in [1.165, 1.54) is 21.6 Å². The van der Waals surface area contributed by atoms with Crippen LogP contribution in [-0.2, 0) is 13.0 Å². The van der Waals surface area contributed by atoms with Crippen LogP contribution in [-0.4, -0.2) is 11.5 Å².